The van der Waals surface area contributed by atoms with Gasteiger partial charge in [0.05, 0.1) is 18.5 Å². The molecule has 2 aromatic carbocycles. The van der Waals surface area contributed by atoms with Crippen molar-refractivity contribution < 1.29 is 33.8 Å². The summed E-state index contributed by atoms with van der Waals surface area (Å²) in [6.07, 6.45) is 0.0729. The molecule has 0 aromatic heterocycles. The van der Waals surface area contributed by atoms with Gasteiger partial charge < -0.3 is 20.1 Å². The van der Waals surface area contributed by atoms with Crippen LogP contribution in [0.25, 0.3) is 0 Å². The Balaban J connectivity index is 1.67. The van der Waals surface area contributed by atoms with Crippen LogP contribution in [0.2, 0.25) is 0 Å². The number of hydrogen-bond acceptors (Lipinski definition) is 7. The van der Waals surface area contributed by atoms with Crippen LogP contribution in [-0.4, -0.2) is 59.5 Å². The van der Waals surface area contributed by atoms with Crippen LogP contribution in [0.4, 0.5) is 0 Å². The fraction of sp³-hybridized carbons (Fsp3) is 0.261. The largest absolute Gasteiger partial charge is 0.504 e. The minimum atomic E-state index is -0.743. The lowest BCUT2D eigenvalue weighted by molar-refractivity contribution is -0.136. The smallest absolute Gasteiger partial charge is 0.313 e. The molecule has 0 atom stereocenters. The summed E-state index contributed by atoms with van der Waals surface area (Å²) in [5, 5.41) is 13.0. The highest BCUT2D eigenvalue weighted by Gasteiger charge is 2.33. The molecule has 0 fully saturated rings. The summed E-state index contributed by atoms with van der Waals surface area (Å²) >= 11 is 0. The quantitative estimate of drug-likeness (QED) is 0.422. The summed E-state index contributed by atoms with van der Waals surface area (Å²) in [4.78, 5) is 62.2. The van der Waals surface area contributed by atoms with Gasteiger partial charge in [-0.05, 0) is 12.1 Å². The number of nitrogens with one attached hydrogen (secondary N) is 1. The Morgan fingerprint density at radius 1 is 1.00 bits per heavy atom. The molecule has 9 heteroatoms. The molecule has 2 amide bonds. The second-order valence-corrected chi connectivity index (χ2v) is 7.21. The summed E-state index contributed by atoms with van der Waals surface area (Å²) in [6.45, 7) is 1.51. The first-order chi connectivity index (χ1) is 15.2. The Morgan fingerprint density at radius 2 is 1.66 bits per heavy atom. The number of esters is 1. The van der Waals surface area contributed by atoms with Gasteiger partial charge in [0.2, 0.25) is 11.8 Å². The first-order valence-corrected chi connectivity index (χ1v) is 10.00. The highest BCUT2D eigenvalue weighted by molar-refractivity contribution is 6.29. The minimum Gasteiger partial charge on any atom is -0.504 e. The van der Waals surface area contributed by atoms with Gasteiger partial charge in [-0.1, -0.05) is 31.2 Å². The van der Waals surface area contributed by atoms with E-state index in [9.17, 15) is 29.1 Å². The third-order valence-electron chi connectivity index (χ3n) is 5.09. The van der Waals surface area contributed by atoms with Gasteiger partial charge in [0.15, 0.2) is 23.1 Å². The summed E-state index contributed by atoms with van der Waals surface area (Å²) in [6, 6.07) is 8.87. The molecule has 0 heterocycles. The molecule has 0 aliphatic heterocycles. The van der Waals surface area contributed by atoms with Gasteiger partial charge in [0.25, 0.3) is 0 Å². The van der Waals surface area contributed by atoms with Crippen molar-refractivity contribution in [2.45, 2.75) is 19.8 Å². The Morgan fingerprint density at radius 3 is 2.31 bits per heavy atom. The van der Waals surface area contributed by atoms with Crippen molar-refractivity contribution in [2.75, 3.05) is 20.1 Å². The third-order valence-corrected chi connectivity index (χ3v) is 5.09. The number of carbonyl (C=O) groups excluding carboxylic acids is 5. The minimum absolute atomic E-state index is 0.0240. The van der Waals surface area contributed by atoms with Gasteiger partial charge in [-0.2, -0.15) is 0 Å². The Bertz CT molecular complexity index is 1120. The van der Waals surface area contributed by atoms with Gasteiger partial charge in [-0.25, -0.2) is 0 Å². The number of likely N-dealkylation sites (N-methyl/N-ethyl adjacent to an activating group) is 1. The lowest BCUT2D eigenvalue weighted by Gasteiger charge is -2.20. The molecule has 166 valence electrons. The molecule has 0 unspecified atom stereocenters. The SMILES string of the molecule is CCC(=O)NCC(=O)N(C)CCC(=O)Oc1ccc2c(c1O)C(=O)c1ccccc1C2=O. The number of aromatic hydroxyl groups is 1. The van der Waals surface area contributed by atoms with E-state index in [0.717, 1.165) is 0 Å². The number of fused-ring (bicyclic) bond motifs is 2. The molecule has 2 aromatic rings. The standard InChI is InChI=1S/C23H22N2O7/c1-3-17(26)24-12-18(27)25(2)11-10-19(28)32-16-9-8-15-20(23(16)31)22(30)14-7-5-4-6-13(14)21(15)29/h4-9,31H,3,10-12H2,1-2H3,(H,24,26). The van der Waals surface area contributed by atoms with E-state index in [4.69, 9.17) is 4.74 Å². The maximum atomic E-state index is 12.8. The van der Waals surface area contributed by atoms with E-state index in [2.05, 4.69) is 5.32 Å². The molecular formula is C23H22N2O7. The van der Waals surface area contributed by atoms with Crippen molar-refractivity contribution in [1.29, 1.82) is 0 Å². The predicted molar refractivity (Wildman–Crippen MR) is 113 cm³/mol. The van der Waals surface area contributed by atoms with Crippen molar-refractivity contribution in [3.63, 3.8) is 0 Å². The number of amides is 2. The number of phenolic OH excluding ortho intramolecular Hbond substituents is 1. The van der Waals surface area contributed by atoms with E-state index >= 15 is 0 Å². The number of phenols is 1. The van der Waals surface area contributed by atoms with E-state index in [1.54, 1.807) is 19.1 Å². The van der Waals surface area contributed by atoms with Gasteiger partial charge in [0, 0.05) is 36.7 Å². The zero-order valence-corrected chi connectivity index (χ0v) is 17.6. The molecular weight excluding hydrogens is 416 g/mol. The number of carbonyl (C=O) groups is 5. The molecule has 0 radical (unpaired) electrons. The van der Waals surface area contributed by atoms with E-state index < -0.39 is 23.3 Å². The number of nitrogens with zero attached hydrogens (tertiary/aromatic N) is 1. The molecule has 0 spiro atoms. The molecule has 0 bridgehead atoms. The average molecular weight is 438 g/mol. The fourth-order valence-corrected chi connectivity index (χ4v) is 3.22. The normalized spacial score (nSPS) is 11.9. The highest BCUT2D eigenvalue weighted by Crippen LogP contribution is 2.38. The van der Waals surface area contributed by atoms with Crippen molar-refractivity contribution >= 4 is 29.4 Å². The van der Waals surface area contributed by atoms with E-state index in [1.807, 2.05) is 0 Å². The van der Waals surface area contributed by atoms with Gasteiger partial charge in [-0.3, -0.25) is 24.0 Å². The van der Waals surface area contributed by atoms with Crippen LogP contribution in [0.15, 0.2) is 36.4 Å². The van der Waals surface area contributed by atoms with Crippen molar-refractivity contribution in [3.8, 4) is 11.5 Å². The second kappa shape index (κ2) is 9.42. The number of ether oxygens (including phenoxy) is 1. The molecule has 32 heavy (non-hydrogen) atoms. The zero-order valence-electron chi connectivity index (χ0n) is 17.6. The fourth-order valence-electron chi connectivity index (χ4n) is 3.22. The van der Waals surface area contributed by atoms with E-state index in [-0.39, 0.29) is 65.7 Å². The zero-order chi connectivity index (χ0) is 23.4. The number of rotatable bonds is 7. The van der Waals surface area contributed by atoms with Gasteiger partial charge >= 0.3 is 5.97 Å². The Kier molecular flexibility index (Phi) is 6.67. The Hall–Kier alpha value is -4.01. The maximum Gasteiger partial charge on any atom is 0.313 e. The molecule has 0 saturated carbocycles. The van der Waals surface area contributed by atoms with E-state index in [0.29, 0.717) is 0 Å². The van der Waals surface area contributed by atoms with Crippen LogP contribution in [0.5, 0.6) is 11.5 Å². The summed E-state index contributed by atoms with van der Waals surface area (Å²) in [7, 11) is 1.48. The molecule has 0 saturated heterocycles. The number of ketones is 2. The number of hydrogen-bond donors (Lipinski definition) is 2. The van der Waals surface area contributed by atoms with Crippen molar-refractivity contribution in [3.05, 3.63) is 58.7 Å². The topological polar surface area (TPSA) is 130 Å². The maximum absolute atomic E-state index is 12.8. The van der Waals surface area contributed by atoms with Crippen LogP contribution in [0.3, 0.4) is 0 Å². The summed E-state index contributed by atoms with van der Waals surface area (Å²) in [5.74, 6) is -3.16. The van der Waals surface area contributed by atoms with Crippen LogP contribution in [-0.2, 0) is 14.4 Å². The van der Waals surface area contributed by atoms with Gasteiger partial charge in [-0.15, -0.1) is 0 Å². The molecule has 1 aliphatic carbocycles. The molecule has 1 aliphatic rings. The van der Waals surface area contributed by atoms with Gasteiger partial charge in [0.1, 0.15) is 0 Å². The molecule has 2 N–H and O–H groups in total. The highest BCUT2D eigenvalue weighted by atomic mass is 16.5. The average Bonchev–Trinajstić information content (AvgIpc) is 2.80. The Labute approximate surface area is 184 Å². The van der Waals surface area contributed by atoms with Crippen LogP contribution >= 0.6 is 0 Å². The first-order valence-electron chi connectivity index (χ1n) is 10.00. The number of benzene rings is 2. The molecule has 9 nitrogen and oxygen atoms in total. The lowest BCUT2D eigenvalue weighted by Crippen LogP contribution is -2.39. The lowest BCUT2D eigenvalue weighted by atomic mass is 9.83. The summed E-state index contributed by atoms with van der Waals surface area (Å²) in [5.41, 5.74) is 0.236. The third kappa shape index (κ3) is 4.51. The van der Waals surface area contributed by atoms with Crippen LogP contribution in [0.1, 0.15) is 51.6 Å². The van der Waals surface area contributed by atoms with Crippen LogP contribution < -0.4 is 10.1 Å². The first kappa shape index (κ1) is 22.7. The van der Waals surface area contributed by atoms with Crippen molar-refractivity contribution in [2.24, 2.45) is 0 Å². The predicted octanol–water partition coefficient (Wildman–Crippen LogP) is 1.45. The second-order valence-electron chi connectivity index (χ2n) is 7.21. The van der Waals surface area contributed by atoms with E-state index in [1.165, 1.54) is 36.2 Å². The monoisotopic (exact) mass is 438 g/mol. The van der Waals surface area contributed by atoms with Crippen molar-refractivity contribution in [1.82, 2.24) is 10.2 Å². The van der Waals surface area contributed by atoms with Crippen LogP contribution in [0, 0.1) is 0 Å². The summed E-state index contributed by atoms with van der Waals surface area (Å²) < 4.78 is 5.17. The molecule has 3 rings (SSSR count).